The summed E-state index contributed by atoms with van der Waals surface area (Å²) >= 11 is 0. The number of hydrogen-bond acceptors (Lipinski definition) is 4. The van der Waals surface area contributed by atoms with Gasteiger partial charge in [-0.3, -0.25) is 9.89 Å². The first-order chi connectivity index (χ1) is 13.0. The summed E-state index contributed by atoms with van der Waals surface area (Å²) in [5.74, 6) is 0.628. The van der Waals surface area contributed by atoms with Crippen molar-refractivity contribution in [3.8, 4) is 22.8 Å². The van der Waals surface area contributed by atoms with Gasteiger partial charge >= 0.3 is 0 Å². The summed E-state index contributed by atoms with van der Waals surface area (Å²) < 4.78 is 23.6. The van der Waals surface area contributed by atoms with E-state index >= 15 is 0 Å². The molecule has 3 aromatic rings. The number of nitrogens with one attached hydrogen (secondary N) is 2. The minimum Gasteiger partial charge on any atom is -0.493 e. The highest BCUT2D eigenvalue weighted by Gasteiger charge is 2.17. The molecule has 6 nitrogen and oxygen atoms in total. The summed E-state index contributed by atoms with van der Waals surface area (Å²) in [5, 5.41) is 10.1. The van der Waals surface area contributed by atoms with Crippen LogP contribution in [0.3, 0.4) is 0 Å². The molecule has 140 valence electrons. The van der Waals surface area contributed by atoms with E-state index in [1.807, 2.05) is 13.0 Å². The molecular formula is C20H20FN3O3. The Bertz CT molecular complexity index is 952. The van der Waals surface area contributed by atoms with E-state index in [0.717, 1.165) is 16.8 Å². The average Bonchev–Trinajstić information content (AvgIpc) is 3.03. The molecule has 2 aromatic carbocycles. The molecule has 3 rings (SSSR count). The number of H-pyrrole nitrogens is 1. The average molecular weight is 369 g/mol. The van der Waals surface area contributed by atoms with Gasteiger partial charge in [-0.15, -0.1) is 0 Å². The van der Waals surface area contributed by atoms with E-state index in [0.29, 0.717) is 22.9 Å². The summed E-state index contributed by atoms with van der Waals surface area (Å²) in [6.07, 6.45) is 0.135. The van der Waals surface area contributed by atoms with Crippen molar-refractivity contribution in [3.05, 3.63) is 59.5 Å². The van der Waals surface area contributed by atoms with Crippen molar-refractivity contribution < 1.29 is 18.7 Å². The zero-order valence-corrected chi connectivity index (χ0v) is 15.3. The second-order valence-corrected chi connectivity index (χ2v) is 5.99. The van der Waals surface area contributed by atoms with Crippen molar-refractivity contribution in [1.82, 2.24) is 10.2 Å². The van der Waals surface area contributed by atoms with Crippen LogP contribution in [-0.2, 0) is 11.2 Å². The predicted molar refractivity (Wildman–Crippen MR) is 101 cm³/mol. The van der Waals surface area contributed by atoms with Crippen LogP contribution in [0.4, 0.5) is 10.1 Å². The largest absolute Gasteiger partial charge is 0.493 e. The first-order valence-electron chi connectivity index (χ1n) is 8.33. The second kappa shape index (κ2) is 7.90. The predicted octanol–water partition coefficient (Wildman–Crippen LogP) is 3.72. The van der Waals surface area contributed by atoms with Gasteiger partial charge in [-0.2, -0.15) is 5.10 Å². The van der Waals surface area contributed by atoms with Gasteiger partial charge < -0.3 is 14.8 Å². The van der Waals surface area contributed by atoms with Gasteiger partial charge in [-0.25, -0.2) is 4.39 Å². The van der Waals surface area contributed by atoms with Gasteiger partial charge in [0.25, 0.3) is 0 Å². The maximum absolute atomic E-state index is 13.0. The van der Waals surface area contributed by atoms with Crippen LogP contribution in [0, 0.1) is 12.7 Å². The summed E-state index contributed by atoms with van der Waals surface area (Å²) in [4.78, 5) is 12.4. The van der Waals surface area contributed by atoms with Crippen molar-refractivity contribution in [2.75, 3.05) is 19.5 Å². The Labute approximate surface area is 156 Å². The molecule has 0 unspecified atom stereocenters. The Morgan fingerprint density at radius 2 is 1.81 bits per heavy atom. The van der Waals surface area contributed by atoms with Crippen LogP contribution in [0.1, 0.15) is 11.3 Å². The molecule has 0 spiro atoms. The number of benzene rings is 2. The van der Waals surface area contributed by atoms with Crippen LogP contribution in [0.25, 0.3) is 11.3 Å². The molecule has 2 N–H and O–H groups in total. The minimum absolute atomic E-state index is 0.135. The molecule has 0 aliphatic carbocycles. The highest BCUT2D eigenvalue weighted by molar-refractivity contribution is 5.96. The number of carbonyl (C=O) groups excluding carboxylic acids is 1. The van der Waals surface area contributed by atoms with Crippen LogP contribution in [-0.4, -0.2) is 30.3 Å². The summed E-state index contributed by atoms with van der Waals surface area (Å²) in [6, 6.07) is 11.3. The van der Waals surface area contributed by atoms with Crippen molar-refractivity contribution in [2.24, 2.45) is 0 Å². The molecule has 0 radical (unpaired) electrons. The Morgan fingerprint density at radius 1 is 1.11 bits per heavy atom. The van der Waals surface area contributed by atoms with Gasteiger partial charge in [0, 0.05) is 5.56 Å². The number of carbonyl (C=O) groups is 1. The van der Waals surface area contributed by atoms with Gasteiger partial charge in [0.2, 0.25) is 5.91 Å². The molecule has 1 amide bonds. The molecule has 0 saturated heterocycles. The van der Waals surface area contributed by atoms with Crippen molar-refractivity contribution in [3.63, 3.8) is 0 Å². The molecule has 0 atom stereocenters. The van der Waals surface area contributed by atoms with Gasteiger partial charge in [-0.1, -0.05) is 12.1 Å². The lowest BCUT2D eigenvalue weighted by atomic mass is 10.1. The number of amides is 1. The van der Waals surface area contributed by atoms with Crippen molar-refractivity contribution >= 4 is 11.6 Å². The first kappa shape index (κ1) is 18.4. The number of halogens is 1. The van der Waals surface area contributed by atoms with Crippen molar-refractivity contribution in [2.45, 2.75) is 13.3 Å². The van der Waals surface area contributed by atoms with E-state index in [9.17, 15) is 9.18 Å². The fraction of sp³-hybridized carbons (Fsp3) is 0.200. The van der Waals surface area contributed by atoms with Crippen LogP contribution < -0.4 is 14.8 Å². The van der Waals surface area contributed by atoms with Crippen LogP contribution in [0.2, 0.25) is 0 Å². The third-order valence-electron chi connectivity index (χ3n) is 4.15. The monoisotopic (exact) mass is 369 g/mol. The van der Waals surface area contributed by atoms with E-state index in [1.165, 1.54) is 12.1 Å². The number of ether oxygens (including phenoxy) is 2. The molecule has 0 aliphatic rings. The second-order valence-electron chi connectivity index (χ2n) is 5.99. The van der Waals surface area contributed by atoms with Gasteiger partial charge in [-0.05, 0) is 42.8 Å². The van der Waals surface area contributed by atoms with Crippen LogP contribution in [0.5, 0.6) is 11.5 Å². The lowest BCUT2D eigenvalue weighted by Gasteiger charge is -2.10. The fourth-order valence-electron chi connectivity index (χ4n) is 2.75. The molecule has 7 heteroatoms. The standard InChI is InChI=1S/C20H20FN3O3/c1-12-19(22-18(25)10-13-4-7-15(21)8-5-13)20(24-23-12)14-6-9-16(26-2)17(11-14)27-3/h4-9,11H,10H2,1-3H3,(H,22,25)(H,23,24). The fourth-order valence-corrected chi connectivity index (χ4v) is 2.75. The number of aromatic nitrogens is 2. The molecular weight excluding hydrogens is 349 g/mol. The number of nitrogens with zero attached hydrogens (tertiary/aromatic N) is 1. The smallest absolute Gasteiger partial charge is 0.228 e. The van der Waals surface area contributed by atoms with Gasteiger partial charge in [0.05, 0.1) is 32.0 Å². The van der Waals surface area contributed by atoms with Crippen LogP contribution in [0.15, 0.2) is 42.5 Å². The maximum Gasteiger partial charge on any atom is 0.228 e. The summed E-state index contributed by atoms with van der Waals surface area (Å²) in [7, 11) is 3.13. The zero-order valence-electron chi connectivity index (χ0n) is 15.3. The van der Waals surface area contributed by atoms with Crippen LogP contribution >= 0.6 is 0 Å². The Morgan fingerprint density at radius 3 is 2.48 bits per heavy atom. The van der Waals surface area contributed by atoms with E-state index in [-0.39, 0.29) is 18.1 Å². The molecule has 27 heavy (non-hydrogen) atoms. The first-order valence-corrected chi connectivity index (χ1v) is 8.33. The number of anilines is 1. The van der Waals surface area contributed by atoms with Gasteiger partial charge in [0.1, 0.15) is 11.5 Å². The minimum atomic E-state index is -0.333. The molecule has 0 aliphatic heterocycles. The molecule has 1 heterocycles. The van der Waals surface area contributed by atoms with E-state index in [2.05, 4.69) is 15.5 Å². The normalized spacial score (nSPS) is 10.5. The number of aromatic amines is 1. The lowest BCUT2D eigenvalue weighted by molar-refractivity contribution is -0.115. The topological polar surface area (TPSA) is 76.2 Å². The van der Waals surface area contributed by atoms with E-state index < -0.39 is 0 Å². The van der Waals surface area contributed by atoms with E-state index in [4.69, 9.17) is 9.47 Å². The third kappa shape index (κ3) is 4.08. The molecule has 1 aromatic heterocycles. The molecule has 0 fully saturated rings. The highest BCUT2D eigenvalue weighted by atomic mass is 19.1. The summed E-state index contributed by atoms with van der Waals surface area (Å²) in [5.41, 5.74) is 3.42. The SMILES string of the molecule is COc1ccc(-c2n[nH]c(C)c2NC(=O)Cc2ccc(F)cc2)cc1OC. The number of hydrogen-bond donors (Lipinski definition) is 2. The molecule has 0 saturated carbocycles. The summed E-state index contributed by atoms with van der Waals surface area (Å²) in [6.45, 7) is 1.82. The van der Waals surface area contributed by atoms with Crippen molar-refractivity contribution in [1.29, 1.82) is 0 Å². The number of rotatable bonds is 6. The zero-order chi connectivity index (χ0) is 19.4. The quantitative estimate of drug-likeness (QED) is 0.694. The molecule has 0 bridgehead atoms. The third-order valence-corrected chi connectivity index (χ3v) is 4.15. The maximum atomic E-state index is 13.0. The number of aryl methyl sites for hydroxylation is 1. The number of methoxy groups -OCH3 is 2. The Balaban J connectivity index is 1.84. The Hall–Kier alpha value is -3.35. The highest BCUT2D eigenvalue weighted by Crippen LogP contribution is 2.35. The van der Waals surface area contributed by atoms with E-state index in [1.54, 1.807) is 38.5 Å². The van der Waals surface area contributed by atoms with Gasteiger partial charge in [0.15, 0.2) is 11.5 Å². The Kier molecular flexibility index (Phi) is 5.40. The lowest BCUT2D eigenvalue weighted by Crippen LogP contribution is -2.15.